The molecule has 0 saturated carbocycles. The van der Waals surface area contributed by atoms with E-state index < -0.39 is 0 Å². The summed E-state index contributed by atoms with van der Waals surface area (Å²) in [6.07, 6.45) is 0.640. The van der Waals surface area contributed by atoms with E-state index >= 15 is 0 Å². The number of nitrogens with one attached hydrogen (secondary N) is 1. The molecule has 0 spiro atoms. The Balaban J connectivity index is 1.71. The molecule has 1 aliphatic rings. The fourth-order valence-corrected chi connectivity index (χ4v) is 3.23. The Kier molecular flexibility index (Phi) is 3.69. The van der Waals surface area contributed by atoms with Crippen molar-refractivity contribution in [2.45, 2.75) is 19.4 Å². The molecular weight excluding hydrogens is 368 g/mol. The van der Waals surface area contributed by atoms with Crippen LogP contribution in [0.3, 0.4) is 0 Å². The van der Waals surface area contributed by atoms with Crippen LogP contribution in [0.15, 0.2) is 58.1 Å². The molecule has 0 aliphatic carbocycles. The minimum atomic E-state index is -0.200. The van der Waals surface area contributed by atoms with Crippen LogP contribution in [0.2, 0.25) is 0 Å². The van der Waals surface area contributed by atoms with Gasteiger partial charge >= 0.3 is 0 Å². The number of hydrazone groups is 1. The zero-order chi connectivity index (χ0) is 16.7. The van der Waals surface area contributed by atoms with E-state index in [2.05, 4.69) is 31.0 Å². The second-order valence-corrected chi connectivity index (χ2v) is 6.69. The van der Waals surface area contributed by atoms with Crippen LogP contribution in [0.4, 0.5) is 0 Å². The summed E-state index contributed by atoms with van der Waals surface area (Å²) < 4.78 is 1.02. The van der Waals surface area contributed by atoms with Crippen molar-refractivity contribution < 1.29 is 4.79 Å². The summed E-state index contributed by atoms with van der Waals surface area (Å²) in [5.41, 5.74) is 3.77. The number of hydrogen-bond acceptors (Lipinski definition) is 3. The maximum Gasteiger partial charge on any atom is 0.240 e. The SMILES string of the molecule is CC(=O)N1N=C(c2ccc(Br)cc2)CC1c1nc2ccccc2[nH]1. The third-order valence-corrected chi connectivity index (χ3v) is 4.66. The highest BCUT2D eigenvalue weighted by molar-refractivity contribution is 9.10. The second-order valence-electron chi connectivity index (χ2n) is 5.78. The van der Waals surface area contributed by atoms with Crippen molar-refractivity contribution in [2.75, 3.05) is 0 Å². The van der Waals surface area contributed by atoms with Crippen LogP contribution in [0, 0.1) is 0 Å². The fraction of sp³-hybridized carbons (Fsp3) is 0.167. The minimum absolute atomic E-state index is 0.0902. The average Bonchev–Trinajstić information content (AvgIpc) is 3.19. The number of aromatic amines is 1. The summed E-state index contributed by atoms with van der Waals surface area (Å²) in [6.45, 7) is 1.53. The number of imidazole rings is 1. The Morgan fingerprint density at radius 2 is 1.96 bits per heavy atom. The number of aromatic nitrogens is 2. The van der Waals surface area contributed by atoms with Gasteiger partial charge in [0.1, 0.15) is 11.9 Å². The van der Waals surface area contributed by atoms with Crippen LogP contribution >= 0.6 is 15.9 Å². The molecule has 1 unspecified atom stereocenters. The van der Waals surface area contributed by atoms with Gasteiger partial charge in [0.15, 0.2) is 0 Å². The molecule has 4 rings (SSSR count). The Bertz CT molecular complexity index is 912. The number of amides is 1. The van der Waals surface area contributed by atoms with E-state index in [4.69, 9.17) is 0 Å². The van der Waals surface area contributed by atoms with E-state index in [0.29, 0.717) is 6.42 Å². The third kappa shape index (κ3) is 2.63. The molecular formula is C18H15BrN4O. The molecule has 1 N–H and O–H groups in total. The first-order valence-corrected chi connectivity index (χ1v) is 8.49. The summed E-state index contributed by atoms with van der Waals surface area (Å²) in [6, 6.07) is 15.6. The Labute approximate surface area is 147 Å². The number of carbonyl (C=O) groups is 1. The summed E-state index contributed by atoms with van der Waals surface area (Å²) in [5.74, 6) is 0.676. The van der Waals surface area contributed by atoms with E-state index in [1.54, 1.807) is 0 Å². The first-order chi connectivity index (χ1) is 11.6. The van der Waals surface area contributed by atoms with E-state index in [-0.39, 0.29) is 11.9 Å². The van der Waals surface area contributed by atoms with Crippen molar-refractivity contribution in [3.63, 3.8) is 0 Å². The van der Waals surface area contributed by atoms with Crippen molar-refractivity contribution in [3.05, 3.63) is 64.4 Å². The van der Waals surface area contributed by atoms with Gasteiger partial charge < -0.3 is 4.98 Å². The molecule has 3 aromatic rings. The van der Waals surface area contributed by atoms with Gasteiger partial charge in [0, 0.05) is 17.8 Å². The number of fused-ring (bicyclic) bond motifs is 1. The predicted molar refractivity (Wildman–Crippen MR) is 96.7 cm³/mol. The van der Waals surface area contributed by atoms with E-state index in [0.717, 1.165) is 32.6 Å². The largest absolute Gasteiger partial charge is 0.340 e. The van der Waals surface area contributed by atoms with Gasteiger partial charge in [-0.3, -0.25) is 4.79 Å². The Hall–Kier alpha value is -2.47. The lowest BCUT2D eigenvalue weighted by atomic mass is 10.0. The number of hydrogen-bond donors (Lipinski definition) is 1. The van der Waals surface area contributed by atoms with Crippen LogP contribution in [-0.4, -0.2) is 26.6 Å². The first-order valence-electron chi connectivity index (χ1n) is 7.69. The quantitative estimate of drug-likeness (QED) is 0.727. The molecule has 1 atom stereocenters. The first kappa shape index (κ1) is 15.1. The van der Waals surface area contributed by atoms with Crippen LogP contribution in [0.5, 0.6) is 0 Å². The van der Waals surface area contributed by atoms with Gasteiger partial charge in [-0.05, 0) is 29.8 Å². The fourth-order valence-electron chi connectivity index (χ4n) is 2.96. The molecule has 6 heteroatoms. The molecule has 120 valence electrons. The number of para-hydroxylation sites is 2. The number of halogens is 1. The lowest BCUT2D eigenvalue weighted by molar-refractivity contribution is -0.130. The molecule has 0 saturated heterocycles. The number of carbonyl (C=O) groups excluding carboxylic acids is 1. The summed E-state index contributed by atoms with van der Waals surface area (Å²) in [5, 5.41) is 6.06. The van der Waals surface area contributed by atoms with Gasteiger partial charge in [0.2, 0.25) is 5.91 Å². The Morgan fingerprint density at radius 1 is 1.21 bits per heavy atom. The van der Waals surface area contributed by atoms with Crippen LogP contribution in [0.1, 0.15) is 30.8 Å². The minimum Gasteiger partial charge on any atom is -0.340 e. The molecule has 0 radical (unpaired) electrons. The third-order valence-electron chi connectivity index (χ3n) is 4.13. The molecule has 2 aromatic carbocycles. The van der Waals surface area contributed by atoms with E-state index in [9.17, 15) is 4.79 Å². The molecule has 0 bridgehead atoms. The number of H-pyrrole nitrogens is 1. The number of rotatable bonds is 2. The second kappa shape index (κ2) is 5.87. The van der Waals surface area contributed by atoms with Crippen molar-refractivity contribution in [3.8, 4) is 0 Å². The van der Waals surface area contributed by atoms with Crippen LogP contribution in [0.25, 0.3) is 11.0 Å². The van der Waals surface area contributed by atoms with Gasteiger partial charge in [-0.15, -0.1) is 0 Å². The van der Waals surface area contributed by atoms with Crippen molar-refractivity contribution >= 4 is 38.6 Å². The maximum atomic E-state index is 12.0. The van der Waals surface area contributed by atoms with Gasteiger partial charge in [0.25, 0.3) is 0 Å². The number of nitrogens with zero attached hydrogens (tertiary/aromatic N) is 3. The van der Waals surface area contributed by atoms with Crippen LogP contribution < -0.4 is 0 Å². The highest BCUT2D eigenvalue weighted by Crippen LogP contribution is 2.32. The van der Waals surface area contributed by atoms with Gasteiger partial charge in [-0.25, -0.2) is 9.99 Å². The maximum absolute atomic E-state index is 12.0. The van der Waals surface area contributed by atoms with Crippen LogP contribution in [-0.2, 0) is 4.79 Å². The standard InChI is InChI=1S/C18H15BrN4O/c1-11(24)23-17(18-20-14-4-2-3-5-15(14)21-18)10-16(22-23)12-6-8-13(19)9-7-12/h2-9,17H,10H2,1H3,(H,20,21). The molecule has 1 aliphatic heterocycles. The van der Waals surface area contributed by atoms with E-state index in [1.807, 2.05) is 48.5 Å². The average molecular weight is 383 g/mol. The highest BCUT2D eigenvalue weighted by atomic mass is 79.9. The lowest BCUT2D eigenvalue weighted by Gasteiger charge is -2.17. The number of benzene rings is 2. The van der Waals surface area contributed by atoms with Gasteiger partial charge in [0.05, 0.1) is 16.7 Å². The molecule has 5 nitrogen and oxygen atoms in total. The zero-order valence-corrected chi connectivity index (χ0v) is 14.6. The van der Waals surface area contributed by atoms with Crippen molar-refractivity contribution in [1.29, 1.82) is 0 Å². The predicted octanol–water partition coefficient (Wildman–Crippen LogP) is 4.02. The molecule has 24 heavy (non-hydrogen) atoms. The summed E-state index contributed by atoms with van der Waals surface area (Å²) in [4.78, 5) is 20.0. The summed E-state index contributed by atoms with van der Waals surface area (Å²) >= 11 is 3.44. The van der Waals surface area contributed by atoms with Gasteiger partial charge in [-0.1, -0.05) is 40.2 Å². The van der Waals surface area contributed by atoms with Crippen molar-refractivity contribution in [2.24, 2.45) is 5.10 Å². The molecule has 2 heterocycles. The van der Waals surface area contributed by atoms with E-state index in [1.165, 1.54) is 11.9 Å². The van der Waals surface area contributed by atoms with Crippen molar-refractivity contribution in [1.82, 2.24) is 15.0 Å². The smallest absolute Gasteiger partial charge is 0.240 e. The Morgan fingerprint density at radius 3 is 2.67 bits per heavy atom. The molecule has 0 fully saturated rings. The normalized spacial score (nSPS) is 17.3. The highest BCUT2D eigenvalue weighted by Gasteiger charge is 2.33. The zero-order valence-electron chi connectivity index (χ0n) is 13.0. The topological polar surface area (TPSA) is 61.4 Å². The molecule has 1 aromatic heterocycles. The monoisotopic (exact) mass is 382 g/mol. The molecule has 1 amide bonds. The van der Waals surface area contributed by atoms with Gasteiger partial charge in [-0.2, -0.15) is 5.10 Å². The lowest BCUT2D eigenvalue weighted by Crippen LogP contribution is -2.25. The summed E-state index contributed by atoms with van der Waals surface area (Å²) in [7, 11) is 0.